The quantitative estimate of drug-likeness (QED) is 0.580. The number of nitrogens with zero attached hydrogens (tertiary/aromatic N) is 3. The number of carbonyl (C=O) groups is 1. The van der Waals surface area contributed by atoms with E-state index in [0.717, 1.165) is 35.6 Å². The van der Waals surface area contributed by atoms with Crippen molar-refractivity contribution < 1.29 is 14.3 Å². The second-order valence-corrected chi connectivity index (χ2v) is 7.66. The van der Waals surface area contributed by atoms with Gasteiger partial charge < -0.3 is 19.4 Å². The lowest BCUT2D eigenvalue weighted by Crippen LogP contribution is -2.46. The standard InChI is InChI=1S/C25H28N4O3/c1-19-17-29(18-26-19)22-10-8-20(16-23(22)31-2)9-11-24(30)27-25(21-6-4-3-5-7-21)28-12-14-32-15-13-28/h3-11,16-18,25H,12-15H2,1-2H3,(H,27,30). The van der Waals surface area contributed by atoms with Gasteiger partial charge in [-0.3, -0.25) is 9.69 Å². The molecule has 1 N–H and O–H groups in total. The van der Waals surface area contributed by atoms with Gasteiger partial charge in [-0.05, 0) is 36.3 Å². The van der Waals surface area contributed by atoms with Gasteiger partial charge in [0, 0.05) is 25.4 Å². The van der Waals surface area contributed by atoms with Crippen LogP contribution in [0.3, 0.4) is 0 Å². The summed E-state index contributed by atoms with van der Waals surface area (Å²) in [5.74, 6) is 0.555. The average molecular weight is 433 g/mol. The Morgan fingerprint density at radius 3 is 2.66 bits per heavy atom. The van der Waals surface area contributed by atoms with E-state index in [1.807, 2.05) is 66.2 Å². The van der Waals surface area contributed by atoms with Crippen LogP contribution in [0, 0.1) is 6.92 Å². The summed E-state index contributed by atoms with van der Waals surface area (Å²) in [7, 11) is 1.63. The molecular formula is C25H28N4O3. The Labute approximate surface area is 188 Å². The van der Waals surface area contributed by atoms with Crippen molar-refractivity contribution in [1.29, 1.82) is 0 Å². The molecule has 0 saturated carbocycles. The fourth-order valence-electron chi connectivity index (χ4n) is 3.78. The van der Waals surface area contributed by atoms with Crippen LogP contribution in [0.5, 0.6) is 5.75 Å². The fourth-order valence-corrected chi connectivity index (χ4v) is 3.78. The number of hydrogen-bond donors (Lipinski definition) is 1. The van der Waals surface area contributed by atoms with Crippen molar-refractivity contribution in [2.75, 3.05) is 33.4 Å². The van der Waals surface area contributed by atoms with Crippen molar-refractivity contribution in [3.05, 3.63) is 84.0 Å². The Bertz CT molecular complexity index is 1070. The molecule has 0 aliphatic carbocycles. The molecule has 166 valence electrons. The lowest BCUT2D eigenvalue weighted by Gasteiger charge is -2.34. The van der Waals surface area contributed by atoms with Crippen molar-refractivity contribution in [3.8, 4) is 11.4 Å². The van der Waals surface area contributed by atoms with E-state index in [1.54, 1.807) is 25.6 Å². The van der Waals surface area contributed by atoms with Crippen LogP contribution in [0.2, 0.25) is 0 Å². The molecule has 4 rings (SSSR count). The minimum absolute atomic E-state index is 0.154. The van der Waals surface area contributed by atoms with Crippen LogP contribution in [0.1, 0.15) is 23.0 Å². The van der Waals surface area contributed by atoms with Gasteiger partial charge in [0.05, 0.1) is 38.0 Å². The predicted octanol–water partition coefficient (Wildman–Crippen LogP) is 3.35. The fraction of sp³-hybridized carbons (Fsp3) is 0.280. The zero-order valence-corrected chi connectivity index (χ0v) is 18.4. The summed E-state index contributed by atoms with van der Waals surface area (Å²) in [6.45, 7) is 4.82. The molecule has 1 aliphatic rings. The van der Waals surface area contributed by atoms with Gasteiger partial charge in [0.15, 0.2) is 0 Å². The number of amides is 1. The molecule has 0 spiro atoms. The van der Waals surface area contributed by atoms with E-state index in [2.05, 4.69) is 15.2 Å². The molecule has 0 bridgehead atoms. The first-order chi connectivity index (χ1) is 15.6. The smallest absolute Gasteiger partial charge is 0.245 e. The van der Waals surface area contributed by atoms with Crippen LogP contribution in [0.15, 0.2) is 67.1 Å². The number of hydrogen-bond acceptors (Lipinski definition) is 5. The second kappa shape index (κ2) is 10.3. The summed E-state index contributed by atoms with van der Waals surface area (Å²) in [5.41, 5.74) is 3.75. The predicted molar refractivity (Wildman–Crippen MR) is 124 cm³/mol. The summed E-state index contributed by atoms with van der Waals surface area (Å²) in [5, 5.41) is 3.14. The van der Waals surface area contributed by atoms with E-state index in [1.165, 1.54) is 0 Å². The van der Waals surface area contributed by atoms with Crippen LogP contribution in [-0.2, 0) is 9.53 Å². The lowest BCUT2D eigenvalue weighted by atomic mass is 10.1. The molecule has 2 aromatic carbocycles. The summed E-state index contributed by atoms with van der Waals surface area (Å²) in [6.07, 6.45) is 6.86. The van der Waals surface area contributed by atoms with Gasteiger partial charge in [0.25, 0.3) is 0 Å². The molecule has 1 aromatic heterocycles. The Morgan fingerprint density at radius 2 is 1.97 bits per heavy atom. The van der Waals surface area contributed by atoms with E-state index in [9.17, 15) is 4.79 Å². The number of benzene rings is 2. The van der Waals surface area contributed by atoms with E-state index >= 15 is 0 Å². The third-order valence-corrected chi connectivity index (χ3v) is 5.43. The summed E-state index contributed by atoms with van der Waals surface area (Å²) >= 11 is 0. The maximum absolute atomic E-state index is 12.8. The van der Waals surface area contributed by atoms with Crippen molar-refractivity contribution in [3.63, 3.8) is 0 Å². The molecule has 1 unspecified atom stereocenters. The molecular weight excluding hydrogens is 404 g/mol. The van der Waals surface area contributed by atoms with Crippen LogP contribution >= 0.6 is 0 Å². The molecule has 7 nitrogen and oxygen atoms in total. The molecule has 32 heavy (non-hydrogen) atoms. The first-order valence-corrected chi connectivity index (χ1v) is 10.7. The monoisotopic (exact) mass is 432 g/mol. The van der Waals surface area contributed by atoms with Gasteiger partial charge in [-0.15, -0.1) is 0 Å². The van der Waals surface area contributed by atoms with E-state index in [-0.39, 0.29) is 12.1 Å². The van der Waals surface area contributed by atoms with Crippen molar-refractivity contribution >= 4 is 12.0 Å². The zero-order valence-electron chi connectivity index (χ0n) is 18.4. The van der Waals surface area contributed by atoms with Crippen molar-refractivity contribution in [2.24, 2.45) is 0 Å². The molecule has 1 amide bonds. The van der Waals surface area contributed by atoms with Gasteiger partial charge in [-0.25, -0.2) is 4.98 Å². The maximum Gasteiger partial charge on any atom is 0.245 e. The Morgan fingerprint density at radius 1 is 1.19 bits per heavy atom. The van der Waals surface area contributed by atoms with E-state index < -0.39 is 0 Å². The zero-order chi connectivity index (χ0) is 22.3. The number of methoxy groups -OCH3 is 1. The highest BCUT2D eigenvalue weighted by Gasteiger charge is 2.23. The van der Waals surface area contributed by atoms with Crippen LogP contribution in [0.25, 0.3) is 11.8 Å². The number of imidazole rings is 1. The lowest BCUT2D eigenvalue weighted by molar-refractivity contribution is -0.119. The van der Waals surface area contributed by atoms with E-state index in [4.69, 9.17) is 9.47 Å². The van der Waals surface area contributed by atoms with Gasteiger partial charge >= 0.3 is 0 Å². The number of ether oxygens (including phenoxy) is 2. The van der Waals surface area contributed by atoms with E-state index in [0.29, 0.717) is 19.0 Å². The first-order valence-electron chi connectivity index (χ1n) is 10.7. The molecule has 1 aliphatic heterocycles. The number of carbonyl (C=O) groups excluding carboxylic acids is 1. The Kier molecular flexibility index (Phi) is 6.99. The van der Waals surface area contributed by atoms with Crippen LogP contribution in [-0.4, -0.2) is 53.8 Å². The normalized spacial score (nSPS) is 15.6. The molecule has 0 radical (unpaired) electrons. The summed E-state index contributed by atoms with van der Waals surface area (Å²) in [4.78, 5) is 19.3. The number of morpholine rings is 1. The summed E-state index contributed by atoms with van der Waals surface area (Å²) in [6, 6.07) is 15.8. The highest BCUT2D eigenvalue weighted by Crippen LogP contribution is 2.25. The van der Waals surface area contributed by atoms with Gasteiger partial charge in [0.2, 0.25) is 5.91 Å². The minimum Gasteiger partial charge on any atom is -0.495 e. The van der Waals surface area contributed by atoms with Crippen molar-refractivity contribution in [1.82, 2.24) is 19.8 Å². The van der Waals surface area contributed by atoms with Crippen molar-refractivity contribution in [2.45, 2.75) is 13.1 Å². The number of aromatic nitrogens is 2. The highest BCUT2D eigenvalue weighted by molar-refractivity contribution is 5.92. The Hall–Kier alpha value is -3.42. The third-order valence-electron chi connectivity index (χ3n) is 5.43. The molecule has 2 heterocycles. The molecule has 1 fully saturated rings. The molecule has 1 saturated heterocycles. The van der Waals surface area contributed by atoms with Gasteiger partial charge in [-0.2, -0.15) is 0 Å². The topological polar surface area (TPSA) is 68.6 Å². The highest BCUT2D eigenvalue weighted by atomic mass is 16.5. The maximum atomic E-state index is 12.8. The molecule has 3 aromatic rings. The number of rotatable bonds is 7. The van der Waals surface area contributed by atoms with Crippen LogP contribution < -0.4 is 10.1 Å². The van der Waals surface area contributed by atoms with Gasteiger partial charge in [-0.1, -0.05) is 36.4 Å². The molecule has 1 atom stereocenters. The minimum atomic E-state index is -0.196. The largest absolute Gasteiger partial charge is 0.495 e. The third kappa shape index (κ3) is 5.25. The Balaban J connectivity index is 1.49. The first kappa shape index (κ1) is 21.8. The van der Waals surface area contributed by atoms with Crippen LogP contribution in [0.4, 0.5) is 0 Å². The van der Waals surface area contributed by atoms with Gasteiger partial charge in [0.1, 0.15) is 11.9 Å². The second-order valence-electron chi connectivity index (χ2n) is 7.66. The number of aryl methyl sites for hydroxylation is 1. The SMILES string of the molecule is COc1cc(C=CC(=O)NC(c2ccccc2)N2CCOCC2)ccc1-n1cnc(C)c1. The average Bonchev–Trinajstić information content (AvgIpc) is 3.28. The molecule has 7 heteroatoms. The summed E-state index contributed by atoms with van der Waals surface area (Å²) < 4.78 is 12.9. The number of nitrogens with one attached hydrogen (secondary N) is 1.